The van der Waals surface area contributed by atoms with Gasteiger partial charge in [-0.2, -0.15) is 0 Å². The van der Waals surface area contributed by atoms with E-state index in [4.69, 9.17) is 10.2 Å². The zero-order chi connectivity index (χ0) is 12.2. The molecule has 1 aliphatic rings. The third-order valence-electron chi connectivity index (χ3n) is 2.90. The van der Waals surface area contributed by atoms with Gasteiger partial charge in [0.25, 0.3) is 0 Å². The summed E-state index contributed by atoms with van der Waals surface area (Å²) in [6.07, 6.45) is 3.70. The number of aliphatic carboxylic acids is 1. The van der Waals surface area contributed by atoms with E-state index in [-0.39, 0.29) is 0 Å². The summed E-state index contributed by atoms with van der Waals surface area (Å²) >= 11 is 0. The summed E-state index contributed by atoms with van der Waals surface area (Å²) in [4.78, 5) is 21.4. The van der Waals surface area contributed by atoms with E-state index in [1.165, 1.54) is 0 Å². The van der Waals surface area contributed by atoms with E-state index in [1.807, 2.05) is 0 Å². The van der Waals surface area contributed by atoms with Crippen molar-refractivity contribution in [2.45, 2.75) is 38.7 Å². The molecular weight excluding hydrogens is 212 g/mol. The largest absolute Gasteiger partial charge is 0.506 e. The molecular formula is C11H16O5. The summed E-state index contributed by atoms with van der Waals surface area (Å²) in [7, 11) is 0. The van der Waals surface area contributed by atoms with Crippen LogP contribution in [-0.2, 0) is 9.53 Å². The molecule has 90 valence electrons. The Morgan fingerprint density at radius 2 is 2.12 bits per heavy atom. The van der Waals surface area contributed by atoms with Gasteiger partial charge in [-0.3, -0.25) is 4.79 Å². The maximum Gasteiger partial charge on any atom is 0.506 e. The Labute approximate surface area is 93.7 Å². The summed E-state index contributed by atoms with van der Waals surface area (Å²) in [6.45, 7) is 1.71. The van der Waals surface area contributed by atoms with Gasteiger partial charge >= 0.3 is 12.1 Å². The fraction of sp³-hybridized carbons (Fsp3) is 0.636. The second-order valence-corrected chi connectivity index (χ2v) is 4.31. The minimum absolute atomic E-state index is 0.405. The Hall–Kier alpha value is -1.52. The molecule has 0 aliphatic heterocycles. The summed E-state index contributed by atoms with van der Waals surface area (Å²) in [5, 5.41) is 17.5. The lowest BCUT2D eigenvalue weighted by Gasteiger charge is -2.26. The number of allylic oxidation sites excluding steroid dienone is 1. The third kappa shape index (κ3) is 3.25. The lowest BCUT2D eigenvalue weighted by Crippen LogP contribution is -2.28. The molecule has 0 aromatic carbocycles. The van der Waals surface area contributed by atoms with Crippen LogP contribution in [0.3, 0.4) is 0 Å². The van der Waals surface area contributed by atoms with Gasteiger partial charge in [0.05, 0.1) is 5.41 Å². The smallest absolute Gasteiger partial charge is 0.481 e. The highest BCUT2D eigenvalue weighted by atomic mass is 16.7. The summed E-state index contributed by atoms with van der Waals surface area (Å²) in [5.41, 5.74) is -0.745. The second-order valence-electron chi connectivity index (χ2n) is 4.31. The predicted molar refractivity (Wildman–Crippen MR) is 56.2 cm³/mol. The van der Waals surface area contributed by atoms with Crippen LogP contribution in [0.5, 0.6) is 0 Å². The van der Waals surface area contributed by atoms with Crippen LogP contribution in [0, 0.1) is 5.41 Å². The number of carboxylic acids is 1. The Morgan fingerprint density at radius 3 is 2.69 bits per heavy atom. The van der Waals surface area contributed by atoms with Gasteiger partial charge in [0, 0.05) is 0 Å². The van der Waals surface area contributed by atoms with Gasteiger partial charge in [0.1, 0.15) is 6.10 Å². The van der Waals surface area contributed by atoms with Gasteiger partial charge in [-0.05, 0) is 38.7 Å². The first kappa shape index (κ1) is 12.5. The molecule has 2 N–H and O–H groups in total. The van der Waals surface area contributed by atoms with E-state index in [0.717, 1.165) is 0 Å². The van der Waals surface area contributed by atoms with Crippen molar-refractivity contribution in [3.8, 4) is 0 Å². The van der Waals surface area contributed by atoms with Crippen LogP contribution < -0.4 is 0 Å². The highest BCUT2D eigenvalue weighted by molar-refractivity contribution is 5.74. The first-order valence-corrected chi connectivity index (χ1v) is 5.24. The molecule has 1 aliphatic carbocycles. The van der Waals surface area contributed by atoms with Crippen molar-refractivity contribution in [2.75, 3.05) is 0 Å². The standard InChI is InChI=1S/C11H16O5/c1-11(9(12)13)6-2-4-8(5-3-7-11)16-10(14)15/h2,4,8H,3,5-7H2,1H3,(H,12,13)(H,14,15). The zero-order valence-corrected chi connectivity index (χ0v) is 9.18. The van der Waals surface area contributed by atoms with Gasteiger partial charge in [0.2, 0.25) is 0 Å². The van der Waals surface area contributed by atoms with E-state index in [0.29, 0.717) is 25.7 Å². The van der Waals surface area contributed by atoms with Crippen LogP contribution in [0.25, 0.3) is 0 Å². The van der Waals surface area contributed by atoms with E-state index in [1.54, 1.807) is 19.1 Å². The molecule has 0 radical (unpaired) electrons. The predicted octanol–water partition coefficient (Wildman–Crippen LogP) is 2.27. The van der Waals surface area contributed by atoms with Gasteiger partial charge in [-0.15, -0.1) is 0 Å². The molecule has 16 heavy (non-hydrogen) atoms. The molecule has 5 nitrogen and oxygen atoms in total. The van der Waals surface area contributed by atoms with Gasteiger partial charge in [-0.25, -0.2) is 4.79 Å². The van der Waals surface area contributed by atoms with Crippen molar-refractivity contribution in [3.63, 3.8) is 0 Å². The van der Waals surface area contributed by atoms with Crippen LogP contribution in [-0.4, -0.2) is 28.4 Å². The van der Waals surface area contributed by atoms with E-state index < -0.39 is 23.6 Å². The average molecular weight is 228 g/mol. The minimum atomic E-state index is -1.30. The second kappa shape index (κ2) is 5.01. The molecule has 2 atom stereocenters. The topological polar surface area (TPSA) is 83.8 Å². The summed E-state index contributed by atoms with van der Waals surface area (Å²) in [6, 6.07) is 0. The SMILES string of the molecule is CC1(C(=O)O)CC=CC(OC(=O)O)CCC1. The monoisotopic (exact) mass is 228 g/mol. The van der Waals surface area contributed by atoms with Gasteiger partial charge in [-0.1, -0.05) is 6.08 Å². The van der Waals surface area contributed by atoms with Crippen molar-refractivity contribution in [2.24, 2.45) is 5.41 Å². The van der Waals surface area contributed by atoms with E-state index in [2.05, 4.69) is 4.74 Å². The number of rotatable bonds is 2. The van der Waals surface area contributed by atoms with Crippen molar-refractivity contribution in [3.05, 3.63) is 12.2 Å². The minimum Gasteiger partial charge on any atom is -0.481 e. The van der Waals surface area contributed by atoms with Crippen LogP contribution >= 0.6 is 0 Å². The van der Waals surface area contributed by atoms with Crippen LogP contribution in [0.4, 0.5) is 4.79 Å². The molecule has 0 bridgehead atoms. The number of carboxylic acid groups (broad SMARTS) is 2. The maximum absolute atomic E-state index is 11.0. The van der Waals surface area contributed by atoms with Crippen molar-refractivity contribution in [1.29, 1.82) is 0 Å². The lowest BCUT2D eigenvalue weighted by molar-refractivity contribution is -0.148. The fourth-order valence-electron chi connectivity index (χ4n) is 1.79. The van der Waals surface area contributed by atoms with Crippen LogP contribution in [0.2, 0.25) is 0 Å². The molecule has 0 amide bonds. The molecule has 0 spiro atoms. The molecule has 5 heteroatoms. The molecule has 2 unspecified atom stereocenters. The Morgan fingerprint density at radius 1 is 1.44 bits per heavy atom. The van der Waals surface area contributed by atoms with Crippen molar-refractivity contribution >= 4 is 12.1 Å². The number of ether oxygens (including phenoxy) is 1. The molecule has 0 saturated heterocycles. The van der Waals surface area contributed by atoms with Crippen molar-refractivity contribution < 1.29 is 24.5 Å². The highest BCUT2D eigenvalue weighted by Gasteiger charge is 2.32. The summed E-state index contributed by atoms with van der Waals surface area (Å²) in [5.74, 6) is -0.810. The summed E-state index contributed by atoms with van der Waals surface area (Å²) < 4.78 is 4.64. The number of hydrogen-bond acceptors (Lipinski definition) is 3. The molecule has 0 aromatic rings. The molecule has 1 rings (SSSR count). The molecule has 0 aromatic heterocycles. The van der Waals surface area contributed by atoms with Gasteiger partial charge in [0.15, 0.2) is 0 Å². The average Bonchev–Trinajstić information content (AvgIpc) is 2.13. The lowest BCUT2D eigenvalue weighted by atomic mass is 9.80. The maximum atomic E-state index is 11.0. The molecule has 0 heterocycles. The normalized spacial score (nSPS) is 30.2. The molecule has 0 fully saturated rings. The quantitative estimate of drug-likeness (QED) is 0.559. The Bertz CT molecular complexity index is 309. The third-order valence-corrected chi connectivity index (χ3v) is 2.90. The van der Waals surface area contributed by atoms with Gasteiger partial charge < -0.3 is 14.9 Å². The first-order chi connectivity index (χ1) is 7.44. The Balaban J connectivity index is 2.64. The zero-order valence-electron chi connectivity index (χ0n) is 9.18. The fourth-order valence-corrected chi connectivity index (χ4v) is 1.79. The Kier molecular flexibility index (Phi) is 3.93. The first-order valence-electron chi connectivity index (χ1n) is 5.24. The van der Waals surface area contributed by atoms with Crippen molar-refractivity contribution in [1.82, 2.24) is 0 Å². The highest BCUT2D eigenvalue weighted by Crippen LogP contribution is 2.31. The van der Waals surface area contributed by atoms with E-state index >= 15 is 0 Å². The van der Waals surface area contributed by atoms with Crippen LogP contribution in [0.15, 0.2) is 12.2 Å². The van der Waals surface area contributed by atoms with E-state index in [9.17, 15) is 9.59 Å². The number of hydrogen-bond donors (Lipinski definition) is 2. The molecule has 0 saturated carbocycles. The number of carbonyl (C=O) groups is 2. The van der Waals surface area contributed by atoms with Crippen LogP contribution in [0.1, 0.15) is 32.6 Å².